The normalized spacial score (nSPS) is 11.1. The second-order valence-electron chi connectivity index (χ2n) is 6.55. The van der Waals surface area contributed by atoms with E-state index >= 15 is 0 Å². The maximum atomic E-state index is 12.7. The first-order chi connectivity index (χ1) is 15.1. The molecule has 10 heteroatoms. The molecule has 0 saturated carbocycles. The molecule has 1 heterocycles. The van der Waals surface area contributed by atoms with Crippen molar-refractivity contribution in [1.82, 2.24) is 25.4 Å². The molecule has 4 rings (SSSR count). The molecule has 0 fully saturated rings. The van der Waals surface area contributed by atoms with Crippen molar-refractivity contribution in [3.8, 4) is 5.69 Å². The van der Waals surface area contributed by atoms with Gasteiger partial charge in [-0.2, -0.15) is 0 Å². The van der Waals surface area contributed by atoms with E-state index < -0.39 is 4.64 Å². The number of rotatable bonds is 6. The van der Waals surface area contributed by atoms with Gasteiger partial charge in [0.15, 0.2) is 0 Å². The predicted octanol–water partition coefficient (Wildman–Crippen LogP) is 3.22. The third-order valence-electron chi connectivity index (χ3n) is 4.50. The number of hydrogen-bond acceptors (Lipinski definition) is 4. The van der Waals surface area contributed by atoms with Crippen LogP contribution in [0.3, 0.4) is 0 Å². The minimum absolute atomic E-state index is 0.354. The van der Waals surface area contributed by atoms with Gasteiger partial charge in [0.1, 0.15) is 0 Å². The van der Waals surface area contributed by atoms with Crippen LogP contribution in [0.2, 0.25) is 0 Å². The number of nitrogens with one attached hydrogen (secondary N) is 4. The third kappa shape index (κ3) is 5.04. The fourth-order valence-corrected chi connectivity index (χ4v) is 7.69. The van der Waals surface area contributed by atoms with Crippen molar-refractivity contribution in [2.45, 2.75) is 0 Å². The van der Waals surface area contributed by atoms with Crippen molar-refractivity contribution in [3.63, 3.8) is 0 Å². The van der Waals surface area contributed by atoms with Crippen molar-refractivity contribution in [1.29, 1.82) is 0 Å². The number of benzene rings is 3. The van der Waals surface area contributed by atoms with Crippen LogP contribution in [-0.4, -0.2) is 42.0 Å². The van der Waals surface area contributed by atoms with Gasteiger partial charge in [-0.3, -0.25) is 0 Å². The second kappa shape index (κ2) is 9.73. The molecule has 0 spiro atoms. The van der Waals surface area contributed by atoms with Crippen LogP contribution in [-0.2, 0) is 0 Å². The second-order valence-corrected chi connectivity index (χ2v) is 14.1. The summed E-state index contributed by atoms with van der Waals surface area (Å²) in [5.74, 6) is 0. The number of aromatic nitrogens is 3. The Kier molecular flexibility index (Phi) is 6.81. The molecule has 0 bridgehead atoms. The summed E-state index contributed by atoms with van der Waals surface area (Å²) in [4.78, 5) is 12.7. The quantitative estimate of drug-likeness (QED) is 0.126. The molecule has 0 radical (unpaired) electrons. The van der Waals surface area contributed by atoms with Crippen LogP contribution in [0.25, 0.3) is 5.69 Å². The number of nitrogens with zero attached hydrogens (tertiary/aromatic N) is 2. The van der Waals surface area contributed by atoms with E-state index in [1.165, 1.54) is 0 Å². The van der Waals surface area contributed by atoms with Crippen LogP contribution in [0.4, 0.5) is 10.5 Å². The first-order valence-electron chi connectivity index (χ1n) is 9.34. The predicted molar refractivity (Wildman–Crippen MR) is 129 cm³/mol. The van der Waals surface area contributed by atoms with E-state index in [9.17, 15) is 4.79 Å². The maximum absolute atomic E-state index is 12.7. The fourth-order valence-electron chi connectivity index (χ4n) is 3.01. The molecular formula is C21H19N6OPSTe. The molecule has 0 aliphatic rings. The molecule has 3 aromatic carbocycles. The molecule has 31 heavy (non-hydrogen) atoms. The summed E-state index contributed by atoms with van der Waals surface area (Å²) < 4.78 is 0.178. The monoisotopic (exact) mass is 564 g/mol. The standard InChI is InChI=1S/C21H19N6OPSTe/c28-20(23-16-8-7-9-17(14-16)27-15-22-25-21(27)30)24-26-29(31,18-10-3-1-4-11-18)19-12-5-2-6-13-19/h1-15H,(H,25,30)(H,26,31)(H2,23,24,28). The number of anilines is 1. The molecule has 7 nitrogen and oxygen atoms in total. The SMILES string of the molecule is O=C(NNP(=[Te])(c1ccccc1)c1ccccc1)Nc1cccc(-n2cn[nH]c2=S)c1. The number of amides is 2. The van der Waals surface area contributed by atoms with E-state index in [1.807, 2.05) is 81.9 Å². The molecule has 0 aliphatic heterocycles. The van der Waals surface area contributed by atoms with Crippen molar-refractivity contribution < 1.29 is 4.79 Å². The number of carbonyl (C=O) groups excluding carboxylic acids is 1. The summed E-state index contributed by atoms with van der Waals surface area (Å²) in [7, 11) is 0. The van der Waals surface area contributed by atoms with Crippen LogP contribution in [0.5, 0.6) is 0 Å². The van der Waals surface area contributed by atoms with Crippen LogP contribution in [0.1, 0.15) is 0 Å². The molecule has 4 aromatic rings. The summed E-state index contributed by atoms with van der Waals surface area (Å²) in [6, 6.07) is 27.3. The van der Waals surface area contributed by atoms with Crippen molar-refractivity contribution >= 4 is 60.4 Å². The first-order valence-corrected chi connectivity index (χ1v) is 14.6. The molecule has 2 amide bonds. The van der Waals surface area contributed by atoms with E-state index in [2.05, 4.69) is 50.4 Å². The van der Waals surface area contributed by atoms with Crippen LogP contribution in [0, 0.1) is 4.77 Å². The molecule has 156 valence electrons. The van der Waals surface area contributed by atoms with E-state index in [0.717, 1.165) is 16.3 Å². The van der Waals surface area contributed by atoms with Crippen LogP contribution in [0.15, 0.2) is 91.3 Å². The van der Waals surface area contributed by atoms with Gasteiger partial charge in [0.2, 0.25) is 0 Å². The average Bonchev–Trinajstić information content (AvgIpc) is 3.25. The Bertz CT molecular complexity index is 1250. The topological polar surface area (TPSA) is 86.8 Å². The summed E-state index contributed by atoms with van der Waals surface area (Å²) >= 11 is 7.26. The summed E-state index contributed by atoms with van der Waals surface area (Å²) in [6.07, 6.45) is 1.60. The fraction of sp³-hybridized carbons (Fsp3) is 0. The Morgan fingerprint density at radius 3 is 2.19 bits per heavy atom. The van der Waals surface area contributed by atoms with Gasteiger partial charge in [-0.25, -0.2) is 0 Å². The number of carbonyl (C=O) groups is 1. The van der Waals surface area contributed by atoms with Gasteiger partial charge < -0.3 is 0 Å². The Morgan fingerprint density at radius 1 is 0.968 bits per heavy atom. The van der Waals surface area contributed by atoms with Gasteiger partial charge in [0.25, 0.3) is 0 Å². The van der Waals surface area contributed by atoms with E-state index in [-0.39, 0.29) is 6.03 Å². The molecule has 0 aliphatic carbocycles. The van der Waals surface area contributed by atoms with Crippen molar-refractivity contribution in [2.24, 2.45) is 0 Å². The minimum atomic E-state index is -2.03. The van der Waals surface area contributed by atoms with Crippen molar-refractivity contribution in [3.05, 3.63) is 96.0 Å². The molecule has 0 atom stereocenters. The van der Waals surface area contributed by atoms with Crippen LogP contribution < -0.4 is 26.5 Å². The van der Waals surface area contributed by atoms with Gasteiger partial charge in [-0.1, -0.05) is 0 Å². The van der Waals surface area contributed by atoms with E-state index in [4.69, 9.17) is 12.2 Å². The molecule has 1 aromatic heterocycles. The average molecular weight is 562 g/mol. The Morgan fingerprint density at radius 2 is 1.61 bits per heavy atom. The summed E-state index contributed by atoms with van der Waals surface area (Å²) in [5.41, 5.74) is 4.28. The van der Waals surface area contributed by atoms with Crippen LogP contribution >= 0.6 is 16.9 Å². The number of hydrazine groups is 1. The number of aromatic amines is 1. The molecule has 4 N–H and O–H groups in total. The zero-order chi connectivity index (χ0) is 21.7. The summed E-state index contributed by atoms with van der Waals surface area (Å²) in [6.45, 7) is 0. The molecular weight excluding hydrogens is 543 g/mol. The first kappa shape index (κ1) is 21.7. The Hall–Kier alpha value is -2.53. The van der Waals surface area contributed by atoms with Crippen molar-refractivity contribution in [2.75, 3.05) is 5.32 Å². The van der Waals surface area contributed by atoms with Gasteiger partial charge in [-0.05, 0) is 0 Å². The van der Waals surface area contributed by atoms with Gasteiger partial charge in [0.05, 0.1) is 0 Å². The Labute approximate surface area is 196 Å². The van der Waals surface area contributed by atoms with E-state index in [1.54, 1.807) is 10.9 Å². The zero-order valence-electron chi connectivity index (χ0n) is 16.2. The molecule has 0 saturated heterocycles. The zero-order valence-corrected chi connectivity index (χ0v) is 20.3. The number of urea groups is 1. The number of H-pyrrole nitrogens is 1. The van der Waals surface area contributed by atoms with Gasteiger partial charge in [-0.15, -0.1) is 0 Å². The van der Waals surface area contributed by atoms with E-state index in [0.29, 0.717) is 10.5 Å². The third-order valence-corrected chi connectivity index (χ3v) is 11.7. The number of hydrogen-bond donors (Lipinski definition) is 4. The molecule has 0 unspecified atom stereocenters. The summed E-state index contributed by atoms with van der Waals surface area (Å²) in [5, 5.41) is 15.1. The van der Waals surface area contributed by atoms with Gasteiger partial charge in [0, 0.05) is 0 Å². The van der Waals surface area contributed by atoms with Gasteiger partial charge >= 0.3 is 198 Å². The Balaban J connectivity index is 1.51.